The number of amides is 1. The van der Waals surface area contributed by atoms with Crippen LogP contribution in [0.25, 0.3) is 0 Å². The highest BCUT2D eigenvalue weighted by atomic mass is 35.5. The molecule has 8 heteroatoms. The fourth-order valence-electron chi connectivity index (χ4n) is 2.07. The predicted octanol–water partition coefficient (Wildman–Crippen LogP) is 2.24. The minimum Gasteiger partial charge on any atom is -0.464 e. The van der Waals surface area contributed by atoms with Crippen molar-refractivity contribution in [3.05, 3.63) is 34.9 Å². The summed E-state index contributed by atoms with van der Waals surface area (Å²) in [6.07, 6.45) is -0.418. The third-order valence-corrected chi connectivity index (χ3v) is 3.54. The molecule has 1 rings (SSSR count). The molecular weight excluding hydrogens is 348 g/mol. The van der Waals surface area contributed by atoms with Gasteiger partial charge in [-0.2, -0.15) is 5.26 Å². The van der Waals surface area contributed by atoms with Gasteiger partial charge in [0.15, 0.2) is 0 Å². The predicted molar refractivity (Wildman–Crippen MR) is 89.8 cm³/mol. The summed E-state index contributed by atoms with van der Waals surface area (Å²) in [6, 6.07) is 7.75. The van der Waals surface area contributed by atoms with Gasteiger partial charge in [0.05, 0.1) is 19.3 Å². The van der Waals surface area contributed by atoms with Crippen LogP contribution in [0.4, 0.5) is 0 Å². The fraction of sp³-hybridized carbons (Fsp3) is 0.412. The van der Waals surface area contributed by atoms with Crippen LogP contribution in [0.15, 0.2) is 24.3 Å². The molecule has 0 saturated carbocycles. The Morgan fingerprint density at radius 1 is 1.12 bits per heavy atom. The number of rotatable bonds is 8. The summed E-state index contributed by atoms with van der Waals surface area (Å²) < 4.78 is 9.89. The lowest BCUT2D eigenvalue weighted by Crippen LogP contribution is -2.61. The summed E-state index contributed by atoms with van der Waals surface area (Å²) in [5.74, 6) is -2.62. The Morgan fingerprint density at radius 2 is 1.64 bits per heavy atom. The van der Waals surface area contributed by atoms with Gasteiger partial charge in [-0.1, -0.05) is 11.6 Å². The average molecular weight is 367 g/mol. The van der Waals surface area contributed by atoms with E-state index in [0.717, 1.165) is 0 Å². The van der Waals surface area contributed by atoms with Crippen molar-refractivity contribution in [1.29, 1.82) is 5.26 Å². The maximum atomic E-state index is 12.5. The SMILES string of the molecule is CCOC(=O)C(CCC#N)(NC(=O)c1ccc(Cl)cc1)C(=O)OCC. The third-order valence-electron chi connectivity index (χ3n) is 3.29. The number of nitriles is 1. The number of carbonyl (C=O) groups excluding carboxylic acids is 3. The molecule has 0 heterocycles. The highest BCUT2D eigenvalue weighted by molar-refractivity contribution is 6.30. The van der Waals surface area contributed by atoms with Crippen molar-refractivity contribution in [2.45, 2.75) is 32.2 Å². The zero-order chi connectivity index (χ0) is 18.9. The number of carbonyl (C=O) groups is 3. The summed E-state index contributed by atoms with van der Waals surface area (Å²) in [6.45, 7) is 3.14. The van der Waals surface area contributed by atoms with Crippen molar-refractivity contribution in [1.82, 2.24) is 5.32 Å². The summed E-state index contributed by atoms with van der Waals surface area (Å²) in [5, 5.41) is 11.7. The molecule has 1 N–H and O–H groups in total. The van der Waals surface area contributed by atoms with E-state index in [-0.39, 0.29) is 31.6 Å². The van der Waals surface area contributed by atoms with Crippen molar-refractivity contribution in [3.63, 3.8) is 0 Å². The van der Waals surface area contributed by atoms with Crippen molar-refractivity contribution in [2.75, 3.05) is 13.2 Å². The molecule has 0 radical (unpaired) electrons. The van der Waals surface area contributed by atoms with Gasteiger partial charge < -0.3 is 14.8 Å². The molecule has 0 aliphatic rings. The molecule has 1 aromatic rings. The van der Waals surface area contributed by atoms with E-state index in [2.05, 4.69) is 5.32 Å². The van der Waals surface area contributed by atoms with Gasteiger partial charge in [0.25, 0.3) is 5.91 Å². The van der Waals surface area contributed by atoms with Crippen LogP contribution in [0.3, 0.4) is 0 Å². The van der Waals surface area contributed by atoms with Crippen LogP contribution in [-0.2, 0) is 19.1 Å². The molecule has 0 bridgehead atoms. The lowest BCUT2D eigenvalue weighted by Gasteiger charge is -2.29. The minimum atomic E-state index is -2.08. The number of ether oxygens (including phenoxy) is 2. The first-order chi connectivity index (χ1) is 11.9. The Kier molecular flexibility index (Phi) is 7.89. The van der Waals surface area contributed by atoms with E-state index in [1.165, 1.54) is 24.3 Å². The number of nitrogens with one attached hydrogen (secondary N) is 1. The Morgan fingerprint density at radius 3 is 2.08 bits per heavy atom. The Bertz CT molecular complexity index is 649. The maximum absolute atomic E-state index is 12.5. The van der Waals surface area contributed by atoms with Crippen LogP contribution in [0.5, 0.6) is 0 Å². The lowest BCUT2D eigenvalue weighted by molar-refractivity contribution is -0.166. The molecule has 0 aromatic heterocycles. The second kappa shape index (κ2) is 9.64. The number of nitrogens with zero attached hydrogens (tertiary/aromatic N) is 1. The monoisotopic (exact) mass is 366 g/mol. The maximum Gasteiger partial charge on any atom is 0.343 e. The van der Waals surface area contributed by atoms with Gasteiger partial charge >= 0.3 is 11.9 Å². The van der Waals surface area contributed by atoms with Crippen molar-refractivity contribution >= 4 is 29.4 Å². The lowest BCUT2D eigenvalue weighted by atomic mass is 9.92. The molecule has 25 heavy (non-hydrogen) atoms. The van der Waals surface area contributed by atoms with Gasteiger partial charge in [0.1, 0.15) is 0 Å². The summed E-state index contributed by atoms with van der Waals surface area (Å²) in [7, 11) is 0. The van der Waals surface area contributed by atoms with Gasteiger partial charge in [-0.05, 0) is 38.1 Å². The van der Waals surface area contributed by atoms with Crippen LogP contribution in [0.2, 0.25) is 5.02 Å². The molecule has 7 nitrogen and oxygen atoms in total. The molecule has 0 spiro atoms. The Labute approximate surface area is 150 Å². The van der Waals surface area contributed by atoms with Gasteiger partial charge in [0.2, 0.25) is 5.54 Å². The molecule has 0 aliphatic carbocycles. The van der Waals surface area contributed by atoms with E-state index in [1.807, 2.05) is 6.07 Å². The van der Waals surface area contributed by atoms with Gasteiger partial charge in [-0.25, -0.2) is 9.59 Å². The molecule has 0 atom stereocenters. The zero-order valence-electron chi connectivity index (χ0n) is 14.0. The van der Waals surface area contributed by atoms with Crippen LogP contribution < -0.4 is 5.32 Å². The molecule has 0 fully saturated rings. The van der Waals surface area contributed by atoms with E-state index in [1.54, 1.807) is 13.8 Å². The molecule has 134 valence electrons. The average Bonchev–Trinajstić information content (AvgIpc) is 2.59. The fourth-order valence-corrected chi connectivity index (χ4v) is 2.20. The van der Waals surface area contributed by atoms with Gasteiger partial charge in [-0.15, -0.1) is 0 Å². The van der Waals surface area contributed by atoms with E-state index in [9.17, 15) is 14.4 Å². The number of esters is 2. The topological polar surface area (TPSA) is 105 Å². The van der Waals surface area contributed by atoms with Crippen molar-refractivity contribution in [3.8, 4) is 6.07 Å². The molecule has 1 amide bonds. The van der Waals surface area contributed by atoms with Crippen LogP contribution in [-0.4, -0.2) is 36.6 Å². The van der Waals surface area contributed by atoms with Crippen LogP contribution in [0, 0.1) is 11.3 Å². The summed E-state index contributed by atoms with van der Waals surface area (Å²) >= 11 is 5.79. The number of halogens is 1. The molecular formula is C17H19ClN2O5. The van der Waals surface area contributed by atoms with Crippen LogP contribution >= 0.6 is 11.6 Å². The van der Waals surface area contributed by atoms with Crippen molar-refractivity contribution in [2.24, 2.45) is 0 Å². The highest BCUT2D eigenvalue weighted by Gasteiger charge is 2.50. The summed E-state index contributed by atoms with van der Waals surface area (Å²) in [5.41, 5.74) is -1.89. The number of hydrogen-bond donors (Lipinski definition) is 1. The second-order valence-electron chi connectivity index (χ2n) is 4.97. The molecule has 0 unspecified atom stereocenters. The number of hydrogen-bond acceptors (Lipinski definition) is 6. The quantitative estimate of drug-likeness (QED) is 0.558. The number of benzene rings is 1. The minimum absolute atomic E-state index is 0.00333. The Hall–Kier alpha value is -2.59. The van der Waals surface area contributed by atoms with Gasteiger partial charge in [0, 0.05) is 23.4 Å². The molecule has 0 saturated heterocycles. The van der Waals surface area contributed by atoms with Crippen LogP contribution in [0.1, 0.15) is 37.0 Å². The highest BCUT2D eigenvalue weighted by Crippen LogP contribution is 2.20. The smallest absolute Gasteiger partial charge is 0.343 e. The zero-order valence-corrected chi connectivity index (χ0v) is 14.8. The summed E-state index contributed by atoms with van der Waals surface area (Å²) in [4.78, 5) is 37.4. The first kappa shape index (κ1) is 20.5. The molecule has 0 aliphatic heterocycles. The van der Waals surface area contributed by atoms with Gasteiger partial charge in [-0.3, -0.25) is 4.79 Å². The second-order valence-corrected chi connectivity index (χ2v) is 5.40. The van der Waals surface area contributed by atoms with E-state index in [4.69, 9.17) is 26.3 Å². The first-order valence-electron chi connectivity index (χ1n) is 7.70. The molecule has 1 aromatic carbocycles. The first-order valence-corrected chi connectivity index (χ1v) is 8.08. The Balaban J connectivity index is 3.23. The van der Waals surface area contributed by atoms with E-state index >= 15 is 0 Å². The third kappa shape index (κ3) is 5.19. The van der Waals surface area contributed by atoms with Crippen molar-refractivity contribution < 1.29 is 23.9 Å². The largest absolute Gasteiger partial charge is 0.464 e. The van der Waals surface area contributed by atoms with E-state index in [0.29, 0.717) is 5.02 Å². The normalized spacial score (nSPS) is 10.5. The van der Waals surface area contributed by atoms with E-state index < -0.39 is 23.4 Å². The standard InChI is InChI=1S/C17H19ClN2O5/c1-3-24-15(22)17(10-5-11-19,16(23)25-4-2)20-14(21)12-6-8-13(18)9-7-12/h6-9H,3-5,10H2,1-2H3,(H,20,21).